The van der Waals surface area contributed by atoms with Crippen molar-refractivity contribution in [2.45, 2.75) is 38.0 Å². The van der Waals surface area contributed by atoms with E-state index >= 15 is 0 Å². The van der Waals surface area contributed by atoms with E-state index < -0.39 is 18.2 Å². The molecule has 1 N–H and O–H groups in total. The first-order chi connectivity index (χ1) is 5.27. The Morgan fingerprint density at radius 1 is 1.33 bits per heavy atom. The fourth-order valence-electron chi connectivity index (χ4n) is 0.689. The fourth-order valence-corrected chi connectivity index (χ4v) is 0.689. The number of hydrogen-bond acceptors (Lipinski definition) is 2. The Kier molecular flexibility index (Phi) is 3.53. The van der Waals surface area contributed by atoms with Crippen molar-refractivity contribution < 1.29 is 18.3 Å². The molecule has 12 heavy (non-hydrogen) atoms. The van der Waals surface area contributed by atoms with E-state index in [-0.39, 0.29) is 12.8 Å². The normalized spacial score (nSPS) is 16.7. The van der Waals surface area contributed by atoms with Crippen LogP contribution in [-0.4, -0.2) is 16.9 Å². The predicted octanol–water partition coefficient (Wildman–Crippen LogP) is 1.99. The van der Waals surface area contributed by atoms with Crippen LogP contribution in [0.1, 0.15) is 26.2 Å². The van der Waals surface area contributed by atoms with Crippen molar-refractivity contribution >= 4 is 0 Å². The Labute approximate surface area is 68.6 Å². The highest BCUT2D eigenvalue weighted by Crippen LogP contribution is 2.24. The lowest BCUT2D eigenvalue weighted by molar-refractivity contribution is -0.137. The maximum atomic E-state index is 11.6. The number of halogens is 3. The van der Waals surface area contributed by atoms with Gasteiger partial charge in [-0.3, -0.25) is 0 Å². The summed E-state index contributed by atoms with van der Waals surface area (Å²) >= 11 is 0. The lowest BCUT2D eigenvalue weighted by Crippen LogP contribution is -2.21. The highest BCUT2D eigenvalue weighted by atomic mass is 19.4. The minimum Gasteiger partial charge on any atom is -0.376 e. The van der Waals surface area contributed by atoms with E-state index in [1.54, 1.807) is 0 Å². The second-order valence-corrected chi connectivity index (χ2v) is 2.85. The summed E-state index contributed by atoms with van der Waals surface area (Å²) in [5, 5.41) is 17.2. The van der Waals surface area contributed by atoms with Crippen LogP contribution in [0.25, 0.3) is 0 Å². The van der Waals surface area contributed by atoms with Gasteiger partial charge in [0.1, 0.15) is 5.60 Å². The highest BCUT2D eigenvalue weighted by Gasteiger charge is 2.28. The topological polar surface area (TPSA) is 44.0 Å². The summed E-state index contributed by atoms with van der Waals surface area (Å²) in [5.74, 6) is 0. The number of hydrogen-bond donors (Lipinski definition) is 1. The van der Waals surface area contributed by atoms with Gasteiger partial charge in [-0.15, -0.1) is 0 Å². The number of alkyl halides is 3. The van der Waals surface area contributed by atoms with Crippen molar-refractivity contribution in [2.75, 3.05) is 0 Å². The lowest BCUT2D eigenvalue weighted by atomic mass is 10.0. The Balaban J connectivity index is 3.66. The first-order valence-corrected chi connectivity index (χ1v) is 3.47. The molecule has 0 fully saturated rings. The second kappa shape index (κ2) is 3.76. The van der Waals surface area contributed by atoms with Crippen molar-refractivity contribution in [2.24, 2.45) is 0 Å². The zero-order chi connectivity index (χ0) is 9.83. The van der Waals surface area contributed by atoms with E-state index in [9.17, 15) is 13.2 Å². The van der Waals surface area contributed by atoms with Crippen molar-refractivity contribution in [3.05, 3.63) is 0 Å². The van der Waals surface area contributed by atoms with E-state index in [1.165, 1.54) is 13.0 Å². The zero-order valence-corrected chi connectivity index (χ0v) is 6.65. The average Bonchev–Trinajstić information content (AvgIpc) is 1.84. The van der Waals surface area contributed by atoms with Gasteiger partial charge in [-0.1, -0.05) is 0 Å². The van der Waals surface area contributed by atoms with Gasteiger partial charge in [0.2, 0.25) is 0 Å². The number of rotatable bonds is 3. The summed E-state index contributed by atoms with van der Waals surface area (Å²) in [6, 6.07) is 1.52. The Morgan fingerprint density at radius 3 is 2.17 bits per heavy atom. The molecular weight excluding hydrogens is 171 g/mol. The van der Waals surface area contributed by atoms with Gasteiger partial charge in [0.25, 0.3) is 0 Å². The number of nitriles is 1. The van der Waals surface area contributed by atoms with Crippen molar-refractivity contribution in [1.82, 2.24) is 0 Å². The van der Waals surface area contributed by atoms with Crippen LogP contribution in [-0.2, 0) is 0 Å². The molecule has 0 aromatic rings. The third-order valence-corrected chi connectivity index (χ3v) is 1.36. The fraction of sp³-hybridized carbons (Fsp3) is 0.857. The number of aliphatic hydroxyl groups is 1. The van der Waals surface area contributed by atoms with E-state index in [0.717, 1.165) is 0 Å². The Bertz CT molecular complexity index is 180. The predicted molar refractivity (Wildman–Crippen MR) is 36.1 cm³/mol. The molecule has 0 saturated heterocycles. The summed E-state index contributed by atoms with van der Waals surface area (Å²) in [5.41, 5.74) is -1.63. The van der Waals surface area contributed by atoms with E-state index in [0.29, 0.717) is 0 Å². The smallest absolute Gasteiger partial charge is 0.376 e. The summed E-state index contributed by atoms with van der Waals surface area (Å²) < 4.78 is 34.7. The Morgan fingerprint density at radius 2 is 1.83 bits per heavy atom. The van der Waals surface area contributed by atoms with Crippen LogP contribution in [0.4, 0.5) is 13.2 Å². The molecule has 0 spiro atoms. The maximum Gasteiger partial charge on any atom is 0.389 e. The van der Waals surface area contributed by atoms with Crippen LogP contribution in [0, 0.1) is 11.3 Å². The van der Waals surface area contributed by atoms with Gasteiger partial charge < -0.3 is 5.11 Å². The van der Waals surface area contributed by atoms with Gasteiger partial charge in [-0.05, 0) is 19.8 Å². The molecule has 5 heteroatoms. The van der Waals surface area contributed by atoms with Crippen molar-refractivity contribution in [3.63, 3.8) is 0 Å². The summed E-state index contributed by atoms with van der Waals surface area (Å²) in [7, 11) is 0. The van der Waals surface area contributed by atoms with Crippen molar-refractivity contribution in [3.8, 4) is 6.07 Å². The highest BCUT2D eigenvalue weighted by molar-refractivity contribution is 4.95. The van der Waals surface area contributed by atoms with E-state index in [1.807, 2.05) is 0 Å². The van der Waals surface area contributed by atoms with Gasteiger partial charge in [-0.25, -0.2) is 0 Å². The largest absolute Gasteiger partial charge is 0.389 e. The third kappa shape index (κ3) is 5.98. The maximum absolute atomic E-state index is 11.6. The lowest BCUT2D eigenvalue weighted by Gasteiger charge is -2.13. The summed E-state index contributed by atoms with van der Waals surface area (Å²) in [6.45, 7) is 1.20. The minimum atomic E-state index is -4.20. The van der Waals surface area contributed by atoms with Gasteiger partial charge in [0.05, 0.1) is 6.07 Å². The standard InChI is InChI=1S/C7H10F3NO/c1-6(12,5-11)3-2-4-7(8,9)10/h12H,2-4H2,1H3. The van der Waals surface area contributed by atoms with Crippen LogP contribution in [0.2, 0.25) is 0 Å². The first kappa shape index (κ1) is 11.2. The molecule has 0 rings (SSSR count). The molecule has 0 aliphatic heterocycles. The molecule has 0 aliphatic carbocycles. The minimum absolute atomic E-state index is 0.150. The van der Waals surface area contributed by atoms with Gasteiger partial charge >= 0.3 is 6.18 Å². The molecule has 1 unspecified atom stereocenters. The SMILES string of the molecule is CC(O)(C#N)CCCC(F)(F)F. The van der Waals surface area contributed by atoms with Crippen LogP contribution in [0.15, 0.2) is 0 Å². The number of nitrogens with zero attached hydrogens (tertiary/aromatic N) is 1. The monoisotopic (exact) mass is 181 g/mol. The molecule has 70 valence electrons. The molecule has 0 saturated carbocycles. The van der Waals surface area contributed by atoms with Crippen LogP contribution in [0.3, 0.4) is 0 Å². The average molecular weight is 181 g/mol. The van der Waals surface area contributed by atoms with Gasteiger partial charge in [0, 0.05) is 6.42 Å². The second-order valence-electron chi connectivity index (χ2n) is 2.85. The molecule has 0 amide bonds. The molecule has 0 heterocycles. The molecule has 0 aliphatic rings. The third-order valence-electron chi connectivity index (χ3n) is 1.36. The summed E-state index contributed by atoms with van der Waals surface area (Å²) in [4.78, 5) is 0. The van der Waals surface area contributed by atoms with E-state index in [4.69, 9.17) is 10.4 Å². The van der Waals surface area contributed by atoms with E-state index in [2.05, 4.69) is 0 Å². The Hall–Kier alpha value is -0.760. The molecule has 0 aromatic heterocycles. The van der Waals surface area contributed by atoms with Crippen molar-refractivity contribution in [1.29, 1.82) is 5.26 Å². The van der Waals surface area contributed by atoms with Crippen LogP contribution >= 0.6 is 0 Å². The molecule has 0 aromatic carbocycles. The zero-order valence-electron chi connectivity index (χ0n) is 6.65. The molecule has 1 atom stereocenters. The van der Waals surface area contributed by atoms with Crippen LogP contribution in [0.5, 0.6) is 0 Å². The van der Waals surface area contributed by atoms with Crippen LogP contribution < -0.4 is 0 Å². The molecule has 0 bridgehead atoms. The van der Waals surface area contributed by atoms with Gasteiger partial charge in [0.15, 0.2) is 0 Å². The molecule has 2 nitrogen and oxygen atoms in total. The molecule has 0 radical (unpaired) electrons. The van der Waals surface area contributed by atoms with Gasteiger partial charge in [-0.2, -0.15) is 18.4 Å². The first-order valence-electron chi connectivity index (χ1n) is 3.47. The summed E-state index contributed by atoms with van der Waals surface area (Å²) in [6.07, 6.45) is -5.52. The molecular formula is C7H10F3NO. The quantitative estimate of drug-likeness (QED) is 0.676.